The Balaban J connectivity index is 2.11. The van der Waals surface area contributed by atoms with Gasteiger partial charge < -0.3 is 15.3 Å². The number of aliphatic carboxylic acids is 1. The molecule has 0 saturated heterocycles. The molecule has 0 bridgehead atoms. The zero-order chi connectivity index (χ0) is 13.7. The molecule has 1 aromatic rings. The first-order chi connectivity index (χ1) is 9.20. The largest absolute Gasteiger partial charge is 0.476 e. The van der Waals surface area contributed by atoms with Crippen LogP contribution in [0.1, 0.15) is 18.5 Å². The molecule has 2 rings (SSSR count). The predicted octanol–water partition coefficient (Wildman–Crippen LogP) is 1.24. The van der Waals surface area contributed by atoms with Crippen LogP contribution in [-0.4, -0.2) is 34.3 Å². The number of rotatable bonds is 6. The number of anilines is 1. The van der Waals surface area contributed by atoms with Gasteiger partial charge in [-0.05, 0) is 0 Å². The van der Waals surface area contributed by atoms with Crippen molar-refractivity contribution in [3.05, 3.63) is 23.2 Å². The lowest BCUT2D eigenvalue weighted by molar-refractivity contribution is -0.129. The van der Waals surface area contributed by atoms with Gasteiger partial charge in [0.15, 0.2) is 5.13 Å². The van der Waals surface area contributed by atoms with Crippen LogP contribution in [0.25, 0.3) is 0 Å². The lowest BCUT2D eigenvalue weighted by Crippen LogP contribution is -2.17. The van der Waals surface area contributed by atoms with E-state index >= 15 is 0 Å². The second kappa shape index (κ2) is 6.10. The summed E-state index contributed by atoms with van der Waals surface area (Å²) in [6, 6.07) is 0. The molecule has 7 nitrogen and oxygen atoms in total. The van der Waals surface area contributed by atoms with Crippen LogP contribution in [0, 0.1) is 0 Å². The summed E-state index contributed by atoms with van der Waals surface area (Å²) in [5.41, 5.74) is -0.116. The van der Waals surface area contributed by atoms with Gasteiger partial charge in [0.05, 0.1) is 0 Å². The van der Waals surface area contributed by atoms with Crippen molar-refractivity contribution in [2.45, 2.75) is 18.9 Å². The zero-order valence-corrected chi connectivity index (χ0v) is 10.6. The van der Waals surface area contributed by atoms with Gasteiger partial charge in [-0.2, -0.15) is 0 Å². The number of nitrogens with zero attached hydrogens (tertiary/aromatic N) is 2. The third-order valence-corrected chi connectivity index (χ3v) is 3.16. The van der Waals surface area contributed by atoms with E-state index in [1.807, 2.05) is 12.2 Å². The van der Waals surface area contributed by atoms with Crippen LogP contribution in [0.4, 0.5) is 5.13 Å². The van der Waals surface area contributed by atoms with E-state index in [1.165, 1.54) is 5.38 Å². The summed E-state index contributed by atoms with van der Waals surface area (Å²) in [6.45, 7) is 0. The van der Waals surface area contributed by atoms with Crippen molar-refractivity contribution in [1.82, 2.24) is 4.98 Å². The molecule has 19 heavy (non-hydrogen) atoms. The Bertz CT molecular complexity index is 530. The Morgan fingerprint density at radius 3 is 2.95 bits per heavy atom. The Kier molecular flexibility index (Phi) is 4.24. The summed E-state index contributed by atoms with van der Waals surface area (Å²) < 4.78 is 0. The number of hydrogen-bond acceptors (Lipinski definition) is 6. The number of thiazole rings is 1. The van der Waals surface area contributed by atoms with E-state index < -0.39 is 5.97 Å². The lowest BCUT2D eigenvalue weighted by atomic mass is 10.3. The third kappa shape index (κ3) is 3.38. The average Bonchev–Trinajstić information content (AvgIpc) is 3.01. The highest BCUT2D eigenvalue weighted by Gasteiger charge is 2.19. The van der Waals surface area contributed by atoms with Gasteiger partial charge in [-0.15, -0.1) is 11.3 Å². The fraction of sp³-hybridized carbons (Fsp3) is 0.273. The summed E-state index contributed by atoms with van der Waals surface area (Å²) in [5, 5.41) is 16.9. The Morgan fingerprint density at radius 1 is 1.58 bits per heavy atom. The number of carboxylic acid groups (broad SMARTS) is 1. The van der Waals surface area contributed by atoms with Gasteiger partial charge in [0.2, 0.25) is 12.1 Å². The molecule has 0 radical (unpaired) electrons. The number of oxime groups is 1. The highest BCUT2D eigenvalue weighted by Crippen LogP contribution is 2.17. The summed E-state index contributed by atoms with van der Waals surface area (Å²) in [6.07, 6.45) is 5.68. The molecule has 1 aliphatic carbocycles. The van der Waals surface area contributed by atoms with Crippen LogP contribution >= 0.6 is 11.3 Å². The standard InChI is InChI=1S/C11H11N3O4S/c15-6-12-11-13-8(5-19-11)9(10(16)17)14-18-7-3-1-2-4-7/h1-2,5-7H,3-4H2,(H,16,17)(H,12,13,15). The zero-order valence-electron chi connectivity index (χ0n) is 9.78. The summed E-state index contributed by atoms with van der Waals surface area (Å²) in [5.74, 6) is -1.23. The van der Waals surface area contributed by atoms with Crippen LogP contribution in [0.3, 0.4) is 0 Å². The van der Waals surface area contributed by atoms with E-state index in [0.29, 0.717) is 24.4 Å². The highest BCUT2D eigenvalue weighted by molar-refractivity contribution is 7.14. The molecular weight excluding hydrogens is 270 g/mol. The summed E-state index contributed by atoms with van der Waals surface area (Å²) >= 11 is 1.11. The normalized spacial score (nSPS) is 15.5. The first-order valence-corrected chi connectivity index (χ1v) is 6.37. The average molecular weight is 281 g/mol. The molecule has 2 N–H and O–H groups in total. The van der Waals surface area contributed by atoms with Gasteiger partial charge in [-0.1, -0.05) is 17.3 Å². The van der Waals surface area contributed by atoms with E-state index in [1.54, 1.807) is 0 Å². The van der Waals surface area contributed by atoms with E-state index in [2.05, 4.69) is 15.5 Å². The van der Waals surface area contributed by atoms with Crippen LogP contribution in [0.15, 0.2) is 22.7 Å². The SMILES string of the molecule is O=CNc1nc(C(=NOC2CC=CC2)C(=O)O)cs1. The number of carbonyl (C=O) groups excluding carboxylic acids is 1. The minimum Gasteiger partial charge on any atom is -0.476 e. The smallest absolute Gasteiger partial charge is 0.360 e. The Hall–Kier alpha value is -2.22. The second-order valence-electron chi connectivity index (χ2n) is 3.72. The maximum Gasteiger partial charge on any atom is 0.360 e. The van der Waals surface area contributed by atoms with Gasteiger partial charge in [0.25, 0.3) is 0 Å². The quantitative estimate of drug-likeness (QED) is 0.353. The van der Waals surface area contributed by atoms with Gasteiger partial charge >= 0.3 is 5.97 Å². The maximum atomic E-state index is 11.1. The molecule has 0 aliphatic heterocycles. The van der Waals surface area contributed by atoms with E-state index in [0.717, 1.165) is 11.3 Å². The fourth-order valence-corrected chi connectivity index (χ4v) is 2.15. The summed E-state index contributed by atoms with van der Waals surface area (Å²) in [7, 11) is 0. The number of carbonyl (C=O) groups is 2. The number of aromatic nitrogens is 1. The molecule has 0 fully saturated rings. The molecular formula is C11H11N3O4S. The summed E-state index contributed by atoms with van der Waals surface area (Å²) in [4.78, 5) is 30.5. The molecule has 0 unspecified atom stereocenters. The Morgan fingerprint density at radius 2 is 2.32 bits per heavy atom. The minimum atomic E-state index is -1.23. The fourth-order valence-electron chi connectivity index (χ4n) is 1.50. The van der Waals surface area contributed by atoms with Gasteiger partial charge in [-0.3, -0.25) is 4.79 Å². The molecule has 0 atom stereocenters. The van der Waals surface area contributed by atoms with Crippen molar-refractivity contribution in [1.29, 1.82) is 0 Å². The molecule has 8 heteroatoms. The molecule has 0 saturated carbocycles. The predicted molar refractivity (Wildman–Crippen MR) is 69.2 cm³/mol. The van der Waals surface area contributed by atoms with Crippen molar-refractivity contribution in [2.75, 3.05) is 5.32 Å². The number of amides is 1. The molecule has 0 spiro atoms. The van der Waals surface area contributed by atoms with Crippen LogP contribution in [0.2, 0.25) is 0 Å². The third-order valence-electron chi connectivity index (χ3n) is 2.39. The number of hydrogen-bond donors (Lipinski definition) is 2. The first kappa shape index (κ1) is 13.2. The Labute approximate surface area is 112 Å². The van der Waals surface area contributed by atoms with Gasteiger partial charge in [0, 0.05) is 18.2 Å². The minimum absolute atomic E-state index is 0.124. The van der Waals surface area contributed by atoms with Crippen LogP contribution < -0.4 is 5.32 Å². The van der Waals surface area contributed by atoms with Crippen molar-refractivity contribution >= 4 is 34.6 Å². The number of nitrogens with one attached hydrogen (secondary N) is 1. The molecule has 1 amide bonds. The maximum absolute atomic E-state index is 11.1. The van der Waals surface area contributed by atoms with Gasteiger partial charge in [0.1, 0.15) is 11.8 Å². The molecule has 1 aromatic heterocycles. The topological polar surface area (TPSA) is 101 Å². The number of carboxylic acids is 1. The van der Waals surface area contributed by atoms with Crippen molar-refractivity contribution < 1.29 is 19.5 Å². The lowest BCUT2D eigenvalue weighted by Gasteiger charge is -2.07. The monoisotopic (exact) mass is 281 g/mol. The van der Waals surface area contributed by atoms with E-state index in [9.17, 15) is 9.59 Å². The highest BCUT2D eigenvalue weighted by atomic mass is 32.1. The second-order valence-corrected chi connectivity index (χ2v) is 4.57. The van der Waals surface area contributed by atoms with E-state index in [-0.39, 0.29) is 17.5 Å². The van der Waals surface area contributed by atoms with E-state index in [4.69, 9.17) is 9.94 Å². The van der Waals surface area contributed by atoms with Crippen LogP contribution in [0.5, 0.6) is 0 Å². The molecule has 1 heterocycles. The van der Waals surface area contributed by atoms with Crippen LogP contribution in [-0.2, 0) is 14.4 Å². The van der Waals surface area contributed by atoms with Gasteiger partial charge in [-0.25, -0.2) is 9.78 Å². The molecule has 0 aromatic carbocycles. The first-order valence-electron chi connectivity index (χ1n) is 5.49. The van der Waals surface area contributed by atoms with Crippen molar-refractivity contribution in [2.24, 2.45) is 5.16 Å². The van der Waals surface area contributed by atoms with Crippen molar-refractivity contribution in [3.63, 3.8) is 0 Å². The molecule has 100 valence electrons. The molecule has 1 aliphatic rings. The van der Waals surface area contributed by atoms with Crippen molar-refractivity contribution in [3.8, 4) is 0 Å².